The third-order valence-corrected chi connectivity index (χ3v) is 1.79. The van der Waals surface area contributed by atoms with Crippen LogP contribution in [0.1, 0.15) is 6.42 Å². The monoisotopic (exact) mass is 197 g/mol. The van der Waals surface area contributed by atoms with E-state index < -0.39 is 24.2 Å². The SMILES string of the molecule is Cl.O=C(O)[C@@H]1C[C@H](O)[C@H](O)CN1. The lowest BCUT2D eigenvalue weighted by Gasteiger charge is -2.28. The standard InChI is InChI=1S/C6H11NO4.ClH/c8-4-1-3(6(10)11)7-2-5(4)9;/h3-5,7-9H,1-2H2,(H,10,11);1H/t3-,4-,5+;/m0./s1. The minimum Gasteiger partial charge on any atom is -0.480 e. The van der Waals surface area contributed by atoms with Crippen molar-refractivity contribution in [1.29, 1.82) is 0 Å². The van der Waals surface area contributed by atoms with Crippen molar-refractivity contribution in [1.82, 2.24) is 5.32 Å². The molecule has 0 bridgehead atoms. The Bertz CT molecular complexity index is 166. The molecule has 3 atom stereocenters. The van der Waals surface area contributed by atoms with Crippen molar-refractivity contribution >= 4 is 18.4 Å². The van der Waals surface area contributed by atoms with Gasteiger partial charge in [0.1, 0.15) is 6.04 Å². The molecule has 0 aromatic heterocycles. The Morgan fingerprint density at radius 1 is 1.33 bits per heavy atom. The van der Waals surface area contributed by atoms with Crippen LogP contribution in [0.25, 0.3) is 0 Å². The van der Waals surface area contributed by atoms with Gasteiger partial charge in [0.25, 0.3) is 0 Å². The van der Waals surface area contributed by atoms with E-state index in [1.807, 2.05) is 0 Å². The first-order chi connectivity index (χ1) is 5.11. The molecule has 0 amide bonds. The van der Waals surface area contributed by atoms with Crippen LogP contribution in [0.4, 0.5) is 0 Å². The fourth-order valence-electron chi connectivity index (χ4n) is 1.07. The highest BCUT2D eigenvalue weighted by atomic mass is 35.5. The van der Waals surface area contributed by atoms with Gasteiger partial charge in [-0.25, -0.2) is 0 Å². The van der Waals surface area contributed by atoms with E-state index in [1.165, 1.54) is 0 Å². The van der Waals surface area contributed by atoms with E-state index in [9.17, 15) is 4.79 Å². The maximum absolute atomic E-state index is 10.4. The maximum Gasteiger partial charge on any atom is 0.320 e. The lowest BCUT2D eigenvalue weighted by Crippen LogP contribution is -2.52. The summed E-state index contributed by atoms with van der Waals surface area (Å²) in [7, 11) is 0. The zero-order valence-corrected chi connectivity index (χ0v) is 7.12. The average molecular weight is 198 g/mol. The molecule has 0 aromatic carbocycles. The predicted octanol–water partition coefficient (Wildman–Crippen LogP) is -1.42. The average Bonchev–Trinajstić information content (AvgIpc) is 1.94. The Morgan fingerprint density at radius 3 is 2.33 bits per heavy atom. The minimum atomic E-state index is -0.990. The molecule has 0 spiro atoms. The molecule has 72 valence electrons. The highest BCUT2D eigenvalue weighted by Gasteiger charge is 2.30. The lowest BCUT2D eigenvalue weighted by atomic mass is 10.00. The molecule has 5 nitrogen and oxygen atoms in total. The van der Waals surface area contributed by atoms with Crippen LogP contribution in [0.5, 0.6) is 0 Å². The molecule has 1 aliphatic rings. The Hall–Kier alpha value is -0.360. The van der Waals surface area contributed by atoms with Gasteiger partial charge in [0.2, 0.25) is 0 Å². The van der Waals surface area contributed by atoms with E-state index >= 15 is 0 Å². The van der Waals surface area contributed by atoms with Crippen LogP contribution >= 0.6 is 12.4 Å². The summed E-state index contributed by atoms with van der Waals surface area (Å²) < 4.78 is 0. The number of nitrogens with one attached hydrogen (secondary N) is 1. The van der Waals surface area contributed by atoms with Crippen molar-refractivity contribution in [2.75, 3.05) is 6.54 Å². The summed E-state index contributed by atoms with van der Waals surface area (Å²) in [5.74, 6) is -0.990. The fraction of sp³-hybridized carbons (Fsp3) is 0.833. The summed E-state index contributed by atoms with van der Waals surface area (Å²) in [5.41, 5.74) is 0. The number of hydrogen-bond donors (Lipinski definition) is 4. The van der Waals surface area contributed by atoms with Crippen molar-refractivity contribution in [2.24, 2.45) is 0 Å². The number of halogens is 1. The number of carboxylic acid groups (broad SMARTS) is 1. The molecule has 1 heterocycles. The molecule has 0 aliphatic carbocycles. The van der Waals surface area contributed by atoms with Crippen LogP contribution in [0.15, 0.2) is 0 Å². The second-order valence-electron chi connectivity index (χ2n) is 2.67. The molecule has 1 saturated heterocycles. The molecule has 0 radical (unpaired) electrons. The zero-order chi connectivity index (χ0) is 8.43. The van der Waals surface area contributed by atoms with Gasteiger partial charge >= 0.3 is 5.97 Å². The van der Waals surface area contributed by atoms with Crippen LogP contribution in [0.2, 0.25) is 0 Å². The second kappa shape index (κ2) is 4.61. The molecule has 1 rings (SSSR count). The van der Waals surface area contributed by atoms with Crippen LogP contribution in [0.3, 0.4) is 0 Å². The molecule has 12 heavy (non-hydrogen) atoms. The summed E-state index contributed by atoms with van der Waals surface area (Å²) in [4.78, 5) is 10.4. The molecular weight excluding hydrogens is 186 g/mol. The van der Waals surface area contributed by atoms with Crippen molar-refractivity contribution in [2.45, 2.75) is 24.7 Å². The number of hydrogen-bond acceptors (Lipinski definition) is 4. The number of rotatable bonds is 1. The molecular formula is C6H12ClNO4. The van der Waals surface area contributed by atoms with Crippen LogP contribution in [-0.4, -0.2) is 46.1 Å². The van der Waals surface area contributed by atoms with E-state index in [-0.39, 0.29) is 25.4 Å². The third kappa shape index (κ3) is 2.60. The summed E-state index contributed by atoms with van der Waals surface area (Å²) in [6, 6.07) is -0.728. The van der Waals surface area contributed by atoms with Crippen molar-refractivity contribution in [3.8, 4) is 0 Å². The molecule has 4 N–H and O–H groups in total. The molecule has 6 heteroatoms. The smallest absolute Gasteiger partial charge is 0.320 e. The van der Waals surface area contributed by atoms with Crippen LogP contribution in [-0.2, 0) is 4.79 Å². The van der Waals surface area contributed by atoms with E-state index in [0.29, 0.717) is 0 Å². The van der Waals surface area contributed by atoms with Gasteiger partial charge in [-0.05, 0) is 0 Å². The van der Waals surface area contributed by atoms with Crippen molar-refractivity contribution in [3.63, 3.8) is 0 Å². The summed E-state index contributed by atoms with van der Waals surface area (Å²) in [6.45, 7) is 0.137. The molecule has 0 saturated carbocycles. The Kier molecular flexibility index (Phi) is 4.47. The molecule has 1 fully saturated rings. The van der Waals surface area contributed by atoms with Gasteiger partial charge in [0.15, 0.2) is 0 Å². The third-order valence-electron chi connectivity index (χ3n) is 1.79. The number of aliphatic carboxylic acids is 1. The number of piperidine rings is 1. The normalized spacial score (nSPS) is 35.3. The van der Waals surface area contributed by atoms with E-state index in [1.54, 1.807) is 0 Å². The first-order valence-electron chi connectivity index (χ1n) is 3.43. The van der Waals surface area contributed by atoms with E-state index in [2.05, 4.69) is 5.32 Å². The second-order valence-corrected chi connectivity index (χ2v) is 2.67. The fourth-order valence-corrected chi connectivity index (χ4v) is 1.07. The van der Waals surface area contributed by atoms with Gasteiger partial charge in [-0.3, -0.25) is 4.79 Å². The quantitative estimate of drug-likeness (QED) is 0.414. The molecule has 1 aliphatic heterocycles. The lowest BCUT2D eigenvalue weighted by molar-refractivity contribution is -0.142. The first kappa shape index (κ1) is 11.6. The number of aliphatic hydroxyl groups excluding tert-OH is 2. The Balaban J connectivity index is 0.00000121. The van der Waals surface area contributed by atoms with Gasteiger partial charge in [0, 0.05) is 13.0 Å². The molecule has 0 unspecified atom stereocenters. The number of carbonyl (C=O) groups is 1. The maximum atomic E-state index is 10.4. The van der Waals surface area contributed by atoms with Crippen LogP contribution < -0.4 is 5.32 Å². The Labute approximate surface area is 75.8 Å². The van der Waals surface area contributed by atoms with E-state index in [4.69, 9.17) is 15.3 Å². The number of β-amino-alcohol motifs (C(OH)–C–C–N with tert-alkyl or cyclic N) is 1. The van der Waals surface area contributed by atoms with Crippen molar-refractivity contribution in [3.05, 3.63) is 0 Å². The van der Waals surface area contributed by atoms with Gasteiger partial charge in [-0.1, -0.05) is 0 Å². The Morgan fingerprint density at radius 2 is 1.92 bits per heavy atom. The summed E-state index contributed by atoms with van der Waals surface area (Å²) >= 11 is 0. The van der Waals surface area contributed by atoms with Gasteiger partial charge in [0.05, 0.1) is 12.2 Å². The first-order valence-corrected chi connectivity index (χ1v) is 3.43. The molecule has 0 aromatic rings. The topological polar surface area (TPSA) is 89.8 Å². The summed E-state index contributed by atoms with van der Waals surface area (Å²) in [6.07, 6.45) is -1.70. The van der Waals surface area contributed by atoms with Gasteiger partial charge in [-0.15, -0.1) is 12.4 Å². The predicted molar refractivity (Wildman–Crippen MR) is 43.3 cm³/mol. The zero-order valence-electron chi connectivity index (χ0n) is 6.30. The highest BCUT2D eigenvalue weighted by Crippen LogP contribution is 2.08. The van der Waals surface area contributed by atoms with Gasteiger partial charge < -0.3 is 20.6 Å². The van der Waals surface area contributed by atoms with Gasteiger partial charge in [-0.2, -0.15) is 0 Å². The van der Waals surface area contributed by atoms with Crippen LogP contribution in [0, 0.1) is 0 Å². The minimum absolute atomic E-state index is 0. The van der Waals surface area contributed by atoms with E-state index in [0.717, 1.165) is 0 Å². The number of aliphatic hydroxyl groups is 2. The summed E-state index contributed by atoms with van der Waals surface area (Å²) in [5, 5.41) is 29.1. The largest absolute Gasteiger partial charge is 0.480 e. The highest BCUT2D eigenvalue weighted by molar-refractivity contribution is 5.85. The van der Waals surface area contributed by atoms with Crippen molar-refractivity contribution < 1.29 is 20.1 Å². The number of carboxylic acids is 1.